The summed E-state index contributed by atoms with van der Waals surface area (Å²) >= 11 is 0. The number of fused-ring (bicyclic) bond motifs is 1. The molecule has 0 unspecified atom stereocenters. The van der Waals surface area contributed by atoms with Crippen LogP contribution in [0.15, 0.2) is 53.7 Å². The molecule has 9 heteroatoms. The molecule has 0 amide bonds. The largest absolute Gasteiger partial charge is 0.494 e. The number of anilines is 1. The summed E-state index contributed by atoms with van der Waals surface area (Å²) in [5.41, 5.74) is 2.21. The SMILES string of the molecule is COc1ccc(S(=O)(=O)N2CCc3ccccc32)cc1-n1cnnn1. The van der Waals surface area contributed by atoms with Crippen molar-refractivity contribution in [1.82, 2.24) is 20.2 Å². The Kier molecular flexibility index (Phi) is 3.65. The average molecular weight is 357 g/mol. The fourth-order valence-electron chi connectivity index (χ4n) is 2.97. The third kappa shape index (κ3) is 2.52. The van der Waals surface area contributed by atoms with Crippen LogP contribution in [0.4, 0.5) is 5.69 Å². The van der Waals surface area contributed by atoms with Crippen LogP contribution in [0.3, 0.4) is 0 Å². The van der Waals surface area contributed by atoms with Gasteiger partial charge in [-0.15, -0.1) is 5.10 Å². The van der Waals surface area contributed by atoms with Crippen molar-refractivity contribution in [1.29, 1.82) is 0 Å². The van der Waals surface area contributed by atoms with Crippen molar-refractivity contribution < 1.29 is 13.2 Å². The van der Waals surface area contributed by atoms with E-state index in [1.165, 1.54) is 34.6 Å². The maximum absolute atomic E-state index is 13.1. The van der Waals surface area contributed by atoms with Crippen molar-refractivity contribution in [3.63, 3.8) is 0 Å². The summed E-state index contributed by atoms with van der Waals surface area (Å²) in [5.74, 6) is 0.480. The first-order chi connectivity index (χ1) is 12.1. The number of methoxy groups -OCH3 is 1. The minimum atomic E-state index is -3.69. The Morgan fingerprint density at radius 1 is 1.12 bits per heavy atom. The number of benzene rings is 2. The highest BCUT2D eigenvalue weighted by Gasteiger charge is 2.31. The van der Waals surface area contributed by atoms with Crippen LogP contribution in [0.25, 0.3) is 5.69 Å². The molecule has 0 bridgehead atoms. The van der Waals surface area contributed by atoms with Gasteiger partial charge in [0.25, 0.3) is 10.0 Å². The van der Waals surface area contributed by atoms with Gasteiger partial charge in [0.05, 0.1) is 17.7 Å². The highest BCUT2D eigenvalue weighted by Crippen LogP contribution is 2.34. The lowest BCUT2D eigenvalue weighted by Gasteiger charge is -2.20. The van der Waals surface area contributed by atoms with E-state index in [4.69, 9.17) is 4.74 Å². The summed E-state index contributed by atoms with van der Waals surface area (Å²) in [6.07, 6.45) is 2.09. The van der Waals surface area contributed by atoms with Crippen LogP contribution in [0.5, 0.6) is 5.75 Å². The molecular weight excluding hydrogens is 342 g/mol. The average Bonchev–Trinajstić information content (AvgIpc) is 3.31. The predicted molar refractivity (Wildman–Crippen MR) is 90.4 cm³/mol. The van der Waals surface area contributed by atoms with Gasteiger partial charge in [-0.1, -0.05) is 18.2 Å². The molecule has 0 atom stereocenters. The molecule has 0 fully saturated rings. The van der Waals surface area contributed by atoms with Crippen LogP contribution in [-0.2, 0) is 16.4 Å². The van der Waals surface area contributed by atoms with E-state index in [0.29, 0.717) is 24.4 Å². The lowest BCUT2D eigenvalue weighted by molar-refractivity contribution is 0.411. The molecule has 1 aromatic heterocycles. The molecule has 0 saturated heterocycles. The third-order valence-corrected chi connectivity index (χ3v) is 5.99. The van der Waals surface area contributed by atoms with Crippen LogP contribution in [-0.4, -0.2) is 42.3 Å². The molecule has 3 aromatic rings. The van der Waals surface area contributed by atoms with Crippen molar-refractivity contribution in [2.24, 2.45) is 0 Å². The fourth-order valence-corrected chi connectivity index (χ4v) is 4.49. The van der Waals surface area contributed by atoms with Crippen LogP contribution in [0, 0.1) is 0 Å². The van der Waals surface area contributed by atoms with E-state index in [9.17, 15) is 8.42 Å². The number of hydrogen-bond donors (Lipinski definition) is 0. The number of hydrogen-bond acceptors (Lipinski definition) is 6. The first kappa shape index (κ1) is 15.6. The molecule has 0 N–H and O–H groups in total. The zero-order chi connectivity index (χ0) is 17.4. The quantitative estimate of drug-likeness (QED) is 0.701. The number of tetrazole rings is 1. The van der Waals surface area contributed by atoms with Gasteiger partial charge >= 0.3 is 0 Å². The van der Waals surface area contributed by atoms with Gasteiger partial charge in [0.15, 0.2) is 0 Å². The van der Waals surface area contributed by atoms with Crippen molar-refractivity contribution in [3.8, 4) is 11.4 Å². The Morgan fingerprint density at radius 3 is 2.72 bits per heavy atom. The Balaban J connectivity index is 1.81. The van der Waals surface area contributed by atoms with Crippen molar-refractivity contribution in [2.75, 3.05) is 18.0 Å². The summed E-state index contributed by atoms with van der Waals surface area (Å²) < 4.78 is 34.4. The molecular formula is C16H15N5O3S. The van der Waals surface area contributed by atoms with E-state index < -0.39 is 10.0 Å². The summed E-state index contributed by atoms with van der Waals surface area (Å²) in [4.78, 5) is 0.163. The van der Waals surface area contributed by atoms with E-state index in [1.54, 1.807) is 6.07 Å². The first-order valence-corrected chi connectivity index (χ1v) is 9.07. The van der Waals surface area contributed by atoms with Crippen LogP contribution < -0.4 is 9.04 Å². The minimum absolute atomic E-state index is 0.163. The zero-order valence-electron chi connectivity index (χ0n) is 13.4. The molecule has 2 heterocycles. The van der Waals surface area contributed by atoms with Crippen molar-refractivity contribution in [3.05, 3.63) is 54.4 Å². The molecule has 4 rings (SSSR count). The fraction of sp³-hybridized carbons (Fsp3) is 0.188. The molecule has 128 valence electrons. The number of nitrogens with zero attached hydrogens (tertiary/aromatic N) is 5. The monoisotopic (exact) mass is 357 g/mol. The van der Waals surface area contributed by atoms with Crippen molar-refractivity contribution >= 4 is 15.7 Å². The van der Waals surface area contributed by atoms with Gasteiger partial charge in [-0.05, 0) is 46.7 Å². The molecule has 1 aliphatic rings. The lowest BCUT2D eigenvalue weighted by Crippen LogP contribution is -2.29. The normalized spacial score (nSPS) is 13.7. The molecule has 8 nitrogen and oxygen atoms in total. The number of aromatic nitrogens is 4. The second kappa shape index (κ2) is 5.85. The van der Waals surface area contributed by atoms with E-state index in [1.807, 2.05) is 24.3 Å². The standard InChI is InChI=1S/C16H15N5O3S/c1-24-16-7-6-13(10-15(16)20-11-17-18-19-20)25(22,23)21-9-8-12-4-2-3-5-14(12)21/h2-7,10-11H,8-9H2,1H3. The number of ether oxygens (including phenoxy) is 1. The van der Waals surface area contributed by atoms with Gasteiger partial charge in [-0.3, -0.25) is 4.31 Å². The van der Waals surface area contributed by atoms with Gasteiger partial charge in [-0.2, -0.15) is 4.68 Å². The van der Waals surface area contributed by atoms with Gasteiger partial charge in [0.1, 0.15) is 17.8 Å². The van der Waals surface area contributed by atoms with Crippen LogP contribution >= 0.6 is 0 Å². The molecule has 25 heavy (non-hydrogen) atoms. The molecule has 0 radical (unpaired) electrons. The summed E-state index contributed by atoms with van der Waals surface area (Å²) in [7, 11) is -2.19. The number of sulfonamides is 1. The Bertz CT molecular complexity index is 1020. The third-order valence-electron chi connectivity index (χ3n) is 4.18. The van der Waals surface area contributed by atoms with Crippen LogP contribution in [0.1, 0.15) is 5.56 Å². The summed E-state index contributed by atoms with van der Waals surface area (Å²) in [5, 5.41) is 11.0. The topological polar surface area (TPSA) is 90.2 Å². The lowest BCUT2D eigenvalue weighted by atomic mass is 10.2. The second-order valence-corrected chi connectivity index (χ2v) is 7.41. The minimum Gasteiger partial charge on any atom is -0.494 e. The van der Waals surface area contributed by atoms with E-state index in [2.05, 4.69) is 15.5 Å². The first-order valence-electron chi connectivity index (χ1n) is 7.63. The van der Waals surface area contributed by atoms with E-state index >= 15 is 0 Å². The van der Waals surface area contributed by atoms with Gasteiger partial charge in [0, 0.05) is 6.54 Å². The van der Waals surface area contributed by atoms with Gasteiger partial charge in [-0.25, -0.2) is 8.42 Å². The maximum atomic E-state index is 13.1. The van der Waals surface area contributed by atoms with E-state index in [-0.39, 0.29) is 4.90 Å². The molecule has 0 saturated carbocycles. The van der Waals surface area contributed by atoms with Gasteiger partial charge in [0.2, 0.25) is 0 Å². The number of rotatable bonds is 4. The second-order valence-electron chi connectivity index (χ2n) is 5.54. The maximum Gasteiger partial charge on any atom is 0.264 e. The molecule has 1 aliphatic heterocycles. The molecule has 2 aromatic carbocycles. The van der Waals surface area contributed by atoms with Gasteiger partial charge < -0.3 is 4.74 Å². The zero-order valence-corrected chi connectivity index (χ0v) is 14.2. The Labute approximate surface area is 144 Å². The molecule has 0 spiro atoms. The van der Waals surface area contributed by atoms with Crippen molar-refractivity contribution in [2.45, 2.75) is 11.3 Å². The highest BCUT2D eigenvalue weighted by atomic mass is 32.2. The number of para-hydroxylation sites is 1. The Hall–Kier alpha value is -2.94. The molecule has 0 aliphatic carbocycles. The summed E-state index contributed by atoms with van der Waals surface area (Å²) in [6, 6.07) is 12.2. The van der Waals surface area contributed by atoms with E-state index in [0.717, 1.165) is 11.3 Å². The smallest absolute Gasteiger partial charge is 0.264 e. The Morgan fingerprint density at radius 2 is 1.96 bits per heavy atom. The predicted octanol–water partition coefficient (Wildman–Crippen LogP) is 1.42. The highest BCUT2D eigenvalue weighted by molar-refractivity contribution is 7.92. The summed E-state index contributed by atoms with van der Waals surface area (Å²) in [6.45, 7) is 0.425. The van der Waals surface area contributed by atoms with Crippen LogP contribution in [0.2, 0.25) is 0 Å².